The van der Waals surface area contributed by atoms with Crippen LogP contribution in [-0.2, 0) is 11.8 Å². The van der Waals surface area contributed by atoms with E-state index in [4.69, 9.17) is 21.6 Å². The smallest absolute Gasteiger partial charge is 0.254 e. The molecule has 1 aromatic carbocycles. The van der Waals surface area contributed by atoms with Gasteiger partial charge in [0.15, 0.2) is 0 Å². The Hall–Kier alpha value is -4.57. The second-order valence-corrected chi connectivity index (χ2v) is 11.9. The molecule has 10 nitrogen and oxygen atoms in total. The van der Waals surface area contributed by atoms with Crippen molar-refractivity contribution < 1.29 is 4.79 Å². The zero-order chi connectivity index (χ0) is 29.7. The monoisotopic (exact) mass is 594 g/mol. The van der Waals surface area contributed by atoms with E-state index in [1.807, 2.05) is 61.4 Å². The molecule has 5 heterocycles. The third kappa shape index (κ3) is 5.27. The number of hydrogen-bond donors (Lipinski definition) is 1. The fourth-order valence-electron chi connectivity index (χ4n) is 5.87. The largest absolute Gasteiger partial charge is 0.323 e. The minimum atomic E-state index is -0.365. The van der Waals surface area contributed by atoms with E-state index in [-0.39, 0.29) is 23.4 Å². The van der Waals surface area contributed by atoms with Crippen molar-refractivity contribution in [3.05, 3.63) is 88.6 Å². The van der Waals surface area contributed by atoms with Gasteiger partial charge in [-0.25, -0.2) is 4.98 Å². The Morgan fingerprint density at radius 1 is 0.930 bits per heavy atom. The standard InChI is InChI=1S/C32H31ClN8O2/c1-19-4-3-5-29(27-12-20(10-11-34-27)31-28(38-32(19)43)16-36-39(31)2)40-18-35-26(14-30(40)42)25-13-22(33)6-9-24(25)21-15-37-41(17-21)23-7-8-23/h6,9-19,23,29H,3-5,7-8H2,1-2H3,(H,38,43)/t19-,29+/m1/s1. The van der Waals surface area contributed by atoms with Crippen molar-refractivity contribution in [3.63, 3.8) is 0 Å². The van der Waals surface area contributed by atoms with Crippen LogP contribution in [0.2, 0.25) is 5.02 Å². The van der Waals surface area contributed by atoms with E-state index < -0.39 is 0 Å². The highest BCUT2D eigenvalue weighted by Gasteiger charge is 2.26. The molecule has 2 aliphatic rings. The van der Waals surface area contributed by atoms with Gasteiger partial charge in [-0.1, -0.05) is 31.0 Å². The predicted molar refractivity (Wildman–Crippen MR) is 165 cm³/mol. The van der Waals surface area contributed by atoms with Crippen molar-refractivity contribution in [3.8, 4) is 33.6 Å². The maximum absolute atomic E-state index is 13.8. The van der Waals surface area contributed by atoms with Crippen LogP contribution in [0.4, 0.5) is 5.69 Å². The average molecular weight is 595 g/mol. The summed E-state index contributed by atoms with van der Waals surface area (Å²) < 4.78 is 5.38. The highest BCUT2D eigenvalue weighted by molar-refractivity contribution is 6.31. The second kappa shape index (κ2) is 10.9. The molecular formula is C32H31ClN8O2. The van der Waals surface area contributed by atoms with Crippen LogP contribution in [0.15, 0.2) is 72.3 Å². The zero-order valence-corrected chi connectivity index (χ0v) is 24.7. The highest BCUT2D eigenvalue weighted by atomic mass is 35.5. The Bertz CT molecular complexity index is 1900. The number of benzene rings is 1. The molecule has 218 valence electrons. The fraction of sp³-hybridized carbons (Fsp3) is 0.312. The van der Waals surface area contributed by atoms with E-state index in [0.717, 1.165) is 52.9 Å². The van der Waals surface area contributed by atoms with Gasteiger partial charge in [0.25, 0.3) is 5.56 Å². The van der Waals surface area contributed by atoms with Gasteiger partial charge in [-0.05, 0) is 55.5 Å². The third-order valence-corrected chi connectivity index (χ3v) is 8.65. The highest BCUT2D eigenvalue weighted by Crippen LogP contribution is 2.38. The number of carbonyl (C=O) groups excluding carboxylic acids is 1. The lowest BCUT2D eigenvalue weighted by atomic mass is 9.96. The summed E-state index contributed by atoms with van der Waals surface area (Å²) in [5, 5.41) is 12.5. The van der Waals surface area contributed by atoms with Crippen molar-refractivity contribution in [1.29, 1.82) is 0 Å². The summed E-state index contributed by atoms with van der Waals surface area (Å²) in [5.41, 5.74) is 6.02. The Kier molecular flexibility index (Phi) is 6.93. The summed E-state index contributed by atoms with van der Waals surface area (Å²) in [6.07, 6.45) is 13.2. The normalized spacial score (nSPS) is 18.8. The molecule has 1 N–H and O–H groups in total. The molecule has 5 aromatic rings. The van der Waals surface area contributed by atoms with Crippen LogP contribution in [0, 0.1) is 5.92 Å². The fourth-order valence-corrected chi connectivity index (χ4v) is 6.04. The van der Waals surface area contributed by atoms with Crippen LogP contribution in [0.3, 0.4) is 0 Å². The maximum atomic E-state index is 13.8. The quantitative estimate of drug-likeness (QED) is 0.277. The van der Waals surface area contributed by atoms with Crippen molar-refractivity contribution in [2.45, 2.75) is 51.1 Å². The first-order valence-electron chi connectivity index (χ1n) is 14.6. The Labute approximate surface area is 253 Å². The van der Waals surface area contributed by atoms with Gasteiger partial charge in [-0.2, -0.15) is 10.2 Å². The molecule has 11 heteroatoms. The molecule has 43 heavy (non-hydrogen) atoms. The minimum Gasteiger partial charge on any atom is -0.323 e. The van der Waals surface area contributed by atoms with Crippen LogP contribution < -0.4 is 10.9 Å². The molecular weight excluding hydrogens is 564 g/mol. The molecule has 2 bridgehead atoms. The molecule has 2 atom stereocenters. The summed E-state index contributed by atoms with van der Waals surface area (Å²) in [5.74, 6) is -0.258. The molecule has 0 saturated heterocycles. The number of rotatable bonds is 4. The number of aryl methyl sites for hydroxylation is 1. The Morgan fingerprint density at radius 2 is 1.79 bits per heavy atom. The first-order chi connectivity index (χ1) is 20.9. The molecule has 1 aliphatic carbocycles. The van der Waals surface area contributed by atoms with Gasteiger partial charge in [0.1, 0.15) is 0 Å². The van der Waals surface area contributed by atoms with Crippen LogP contribution in [0.5, 0.6) is 0 Å². The number of aromatic nitrogens is 7. The van der Waals surface area contributed by atoms with Gasteiger partial charge >= 0.3 is 0 Å². The summed E-state index contributed by atoms with van der Waals surface area (Å²) in [6, 6.07) is 11.2. The number of carbonyl (C=O) groups is 1. The summed E-state index contributed by atoms with van der Waals surface area (Å²) in [6.45, 7) is 1.92. The first kappa shape index (κ1) is 27.3. The van der Waals surface area contributed by atoms with Crippen LogP contribution in [-0.4, -0.2) is 40.0 Å². The van der Waals surface area contributed by atoms with Crippen molar-refractivity contribution in [2.24, 2.45) is 13.0 Å². The zero-order valence-electron chi connectivity index (χ0n) is 23.9. The van der Waals surface area contributed by atoms with E-state index in [0.29, 0.717) is 35.3 Å². The van der Waals surface area contributed by atoms with E-state index in [9.17, 15) is 9.59 Å². The van der Waals surface area contributed by atoms with Gasteiger partial charge in [0, 0.05) is 53.1 Å². The van der Waals surface area contributed by atoms with Gasteiger partial charge in [0.05, 0.1) is 53.6 Å². The number of pyridine rings is 1. The lowest BCUT2D eigenvalue weighted by Gasteiger charge is -2.22. The number of nitrogens with zero attached hydrogens (tertiary/aromatic N) is 7. The number of amides is 1. The van der Waals surface area contributed by atoms with E-state index >= 15 is 0 Å². The van der Waals surface area contributed by atoms with Gasteiger partial charge in [0.2, 0.25) is 5.91 Å². The predicted octanol–water partition coefficient (Wildman–Crippen LogP) is 5.91. The van der Waals surface area contributed by atoms with E-state index in [1.54, 1.807) is 34.0 Å². The number of halogens is 1. The van der Waals surface area contributed by atoms with E-state index in [2.05, 4.69) is 15.5 Å². The Balaban J connectivity index is 1.29. The van der Waals surface area contributed by atoms with E-state index in [1.165, 1.54) is 0 Å². The maximum Gasteiger partial charge on any atom is 0.254 e. The van der Waals surface area contributed by atoms with Gasteiger partial charge in [-0.15, -0.1) is 0 Å². The molecule has 4 aromatic heterocycles. The Morgan fingerprint density at radius 3 is 2.60 bits per heavy atom. The summed E-state index contributed by atoms with van der Waals surface area (Å²) in [7, 11) is 1.84. The minimum absolute atomic E-state index is 0.0520. The lowest BCUT2D eigenvalue weighted by molar-refractivity contribution is -0.119. The molecule has 1 fully saturated rings. The molecule has 7 rings (SSSR count). The average Bonchev–Trinajstić information content (AvgIpc) is 3.62. The molecule has 1 saturated carbocycles. The topological polar surface area (TPSA) is 113 Å². The van der Waals surface area contributed by atoms with Crippen molar-refractivity contribution in [1.82, 2.24) is 34.1 Å². The number of fused-ring (bicyclic) bond motifs is 4. The van der Waals surface area contributed by atoms with Crippen LogP contribution >= 0.6 is 11.6 Å². The number of nitrogens with one attached hydrogen (secondary N) is 1. The lowest BCUT2D eigenvalue weighted by Crippen LogP contribution is -2.27. The van der Waals surface area contributed by atoms with Crippen LogP contribution in [0.1, 0.15) is 56.8 Å². The van der Waals surface area contributed by atoms with Gasteiger partial charge < -0.3 is 5.32 Å². The molecule has 0 spiro atoms. The summed E-state index contributed by atoms with van der Waals surface area (Å²) in [4.78, 5) is 36.2. The number of anilines is 1. The number of hydrogen-bond acceptors (Lipinski definition) is 6. The van der Waals surface area contributed by atoms with Gasteiger partial charge in [-0.3, -0.25) is 28.5 Å². The molecule has 0 radical (unpaired) electrons. The SMILES string of the molecule is C[C@@H]1CCC[C@H](n2cnc(-c3cc(Cl)ccc3-c3cnn(C4CC4)c3)cc2=O)c2cc(ccn2)-c2c(cnn2C)NC1=O. The third-order valence-electron chi connectivity index (χ3n) is 8.42. The summed E-state index contributed by atoms with van der Waals surface area (Å²) >= 11 is 6.42. The van der Waals surface area contributed by atoms with Crippen LogP contribution in [0.25, 0.3) is 33.6 Å². The van der Waals surface area contributed by atoms with Crippen molar-refractivity contribution >= 4 is 23.2 Å². The molecule has 1 aliphatic heterocycles. The molecule has 0 unspecified atom stereocenters. The van der Waals surface area contributed by atoms with Crippen molar-refractivity contribution in [2.75, 3.05) is 5.32 Å². The second-order valence-electron chi connectivity index (χ2n) is 11.5. The first-order valence-corrected chi connectivity index (χ1v) is 15.0. The molecule has 1 amide bonds.